The first-order valence-electron chi connectivity index (χ1n) is 6.57. The van der Waals surface area contributed by atoms with Crippen LogP contribution in [-0.4, -0.2) is 30.4 Å². The highest BCUT2D eigenvalue weighted by atomic mass is 35.5. The van der Waals surface area contributed by atoms with E-state index in [-0.39, 0.29) is 18.3 Å². The Labute approximate surface area is 126 Å². The van der Waals surface area contributed by atoms with Crippen LogP contribution in [0.4, 0.5) is 0 Å². The van der Waals surface area contributed by atoms with E-state index in [0.29, 0.717) is 6.54 Å². The Kier molecular flexibility index (Phi) is 5.99. The van der Waals surface area contributed by atoms with Gasteiger partial charge in [-0.15, -0.1) is 12.4 Å². The third kappa shape index (κ3) is 3.71. The van der Waals surface area contributed by atoms with E-state index in [9.17, 15) is 4.79 Å². The fourth-order valence-corrected chi connectivity index (χ4v) is 2.26. The molecule has 0 spiro atoms. The minimum absolute atomic E-state index is 0. The van der Waals surface area contributed by atoms with Gasteiger partial charge in [0.2, 0.25) is 5.91 Å². The van der Waals surface area contributed by atoms with Crippen molar-refractivity contribution in [1.29, 1.82) is 0 Å². The predicted octanol–water partition coefficient (Wildman–Crippen LogP) is 2.61. The Bertz CT molecular complexity index is 578. The zero-order chi connectivity index (χ0) is 13.8. The molecule has 3 nitrogen and oxygen atoms in total. The van der Waals surface area contributed by atoms with Gasteiger partial charge in [-0.3, -0.25) is 4.79 Å². The molecule has 0 aliphatic carbocycles. The summed E-state index contributed by atoms with van der Waals surface area (Å²) < 4.78 is 0. The van der Waals surface area contributed by atoms with Crippen LogP contribution < -0.4 is 5.73 Å². The highest BCUT2D eigenvalue weighted by Crippen LogP contribution is 2.19. The van der Waals surface area contributed by atoms with Gasteiger partial charge in [0.1, 0.15) is 0 Å². The molecule has 0 heterocycles. The summed E-state index contributed by atoms with van der Waals surface area (Å²) in [5, 5.41) is 2.49. The van der Waals surface area contributed by atoms with Crippen LogP contribution in [0, 0.1) is 0 Å². The summed E-state index contributed by atoms with van der Waals surface area (Å²) in [4.78, 5) is 13.4. The first-order valence-corrected chi connectivity index (χ1v) is 6.57. The van der Waals surface area contributed by atoms with Gasteiger partial charge in [-0.05, 0) is 29.7 Å². The average molecular weight is 293 g/mol. The van der Waals surface area contributed by atoms with Gasteiger partial charge in [-0.25, -0.2) is 0 Å². The first kappa shape index (κ1) is 16.5. The van der Waals surface area contributed by atoms with E-state index in [0.717, 1.165) is 6.42 Å². The summed E-state index contributed by atoms with van der Waals surface area (Å²) >= 11 is 0. The molecular formula is C16H21ClN2O. The maximum absolute atomic E-state index is 11.7. The van der Waals surface area contributed by atoms with E-state index in [1.54, 1.807) is 18.9 Å². The summed E-state index contributed by atoms with van der Waals surface area (Å²) in [5.74, 6) is -0.0137. The Morgan fingerprint density at radius 1 is 1.20 bits per heavy atom. The predicted molar refractivity (Wildman–Crippen MR) is 86.2 cm³/mol. The fraction of sp³-hybridized carbons (Fsp3) is 0.312. The lowest BCUT2D eigenvalue weighted by Gasteiger charge is -2.19. The number of fused-ring (bicyclic) bond motifs is 1. The van der Waals surface area contributed by atoms with Crippen molar-refractivity contribution in [3.8, 4) is 0 Å². The number of hydrogen-bond donors (Lipinski definition) is 1. The summed E-state index contributed by atoms with van der Waals surface area (Å²) in [6, 6.07) is 14.2. The zero-order valence-electron chi connectivity index (χ0n) is 11.9. The van der Waals surface area contributed by atoms with Crippen LogP contribution in [0.15, 0.2) is 42.5 Å². The number of likely N-dealkylation sites (N-methyl/N-ethyl adjacent to an activating group) is 1. The van der Waals surface area contributed by atoms with Gasteiger partial charge in [0.25, 0.3) is 0 Å². The van der Waals surface area contributed by atoms with Crippen molar-refractivity contribution in [2.24, 2.45) is 5.73 Å². The van der Waals surface area contributed by atoms with Crippen molar-refractivity contribution in [2.75, 3.05) is 13.6 Å². The molecule has 2 aromatic carbocycles. The molecule has 4 heteroatoms. The Morgan fingerprint density at radius 2 is 1.85 bits per heavy atom. The fourth-order valence-electron chi connectivity index (χ4n) is 2.26. The van der Waals surface area contributed by atoms with Gasteiger partial charge < -0.3 is 10.6 Å². The molecule has 2 N–H and O–H groups in total. The molecule has 0 aromatic heterocycles. The van der Waals surface area contributed by atoms with Crippen LogP contribution in [0.25, 0.3) is 10.8 Å². The Balaban J connectivity index is 0.00000200. The van der Waals surface area contributed by atoms with Gasteiger partial charge in [-0.1, -0.05) is 42.5 Å². The SMILES string of the molecule is C[C@@H](N)C(=O)N(C)CCc1cccc2ccccc12.Cl. The lowest BCUT2D eigenvalue weighted by molar-refractivity contribution is -0.130. The molecule has 0 saturated heterocycles. The van der Waals surface area contributed by atoms with E-state index < -0.39 is 6.04 Å². The second-order valence-corrected chi connectivity index (χ2v) is 4.94. The third-order valence-electron chi connectivity index (χ3n) is 3.36. The van der Waals surface area contributed by atoms with Crippen molar-refractivity contribution in [3.05, 3.63) is 48.0 Å². The minimum atomic E-state index is -0.433. The molecule has 0 aliphatic heterocycles. The van der Waals surface area contributed by atoms with Crippen molar-refractivity contribution in [2.45, 2.75) is 19.4 Å². The Hall–Kier alpha value is -1.58. The molecule has 0 fully saturated rings. The minimum Gasteiger partial charge on any atom is -0.344 e. The van der Waals surface area contributed by atoms with E-state index in [1.807, 2.05) is 12.1 Å². The molecule has 0 aliphatic rings. The molecule has 2 aromatic rings. The molecule has 108 valence electrons. The second kappa shape index (κ2) is 7.27. The van der Waals surface area contributed by atoms with Crippen molar-refractivity contribution in [1.82, 2.24) is 4.90 Å². The van der Waals surface area contributed by atoms with Crippen molar-refractivity contribution < 1.29 is 4.79 Å². The highest BCUT2D eigenvalue weighted by Gasteiger charge is 2.13. The standard InChI is InChI=1S/C16H20N2O.ClH/c1-12(17)16(19)18(2)11-10-14-8-5-7-13-6-3-4-9-15(13)14;/h3-9,12H,10-11,17H2,1-2H3;1H/t12-;/m1./s1. The monoisotopic (exact) mass is 292 g/mol. The molecular weight excluding hydrogens is 272 g/mol. The number of rotatable bonds is 4. The number of nitrogens with zero attached hydrogens (tertiary/aromatic N) is 1. The molecule has 0 saturated carbocycles. The largest absolute Gasteiger partial charge is 0.344 e. The zero-order valence-corrected chi connectivity index (χ0v) is 12.7. The van der Waals surface area contributed by atoms with Gasteiger partial charge in [0.05, 0.1) is 6.04 Å². The average Bonchev–Trinajstić information content (AvgIpc) is 2.43. The van der Waals surface area contributed by atoms with Gasteiger partial charge in [-0.2, -0.15) is 0 Å². The molecule has 1 amide bonds. The first-order chi connectivity index (χ1) is 9.09. The van der Waals surface area contributed by atoms with Crippen LogP contribution >= 0.6 is 12.4 Å². The topological polar surface area (TPSA) is 46.3 Å². The van der Waals surface area contributed by atoms with E-state index in [1.165, 1.54) is 16.3 Å². The van der Waals surface area contributed by atoms with Crippen LogP contribution in [0.1, 0.15) is 12.5 Å². The quantitative estimate of drug-likeness (QED) is 0.941. The normalized spacial score (nSPS) is 11.8. The number of carbonyl (C=O) groups excluding carboxylic acids is 1. The molecule has 0 unspecified atom stereocenters. The van der Waals surface area contributed by atoms with Crippen molar-refractivity contribution >= 4 is 29.1 Å². The summed E-state index contributed by atoms with van der Waals surface area (Å²) in [6.45, 7) is 2.41. The van der Waals surface area contributed by atoms with Gasteiger partial charge in [0, 0.05) is 13.6 Å². The maximum atomic E-state index is 11.7. The second-order valence-electron chi connectivity index (χ2n) is 4.94. The van der Waals surface area contributed by atoms with E-state index in [2.05, 4.69) is 30.3 Å². The molecule has 0 bridgehead atoms. The van der Waals surface area contributed by atoms with E-state index in [4.69, 9.17) is 5.73 Å². The number of benzene rings is 2. The van der Waals surface area contributed by atoms with Crippen molar-refractivity contribution in [3.63, 3.8) is 0 Å². The van der Waals surface area contributed by atoms with Crippen LogP contribution in [0.3, 0.4) is 0 Å². The molecule has 1 atom stereocenters. The summed E-state index contributed by atoms with van der Waals surface area (Å²) in [5.41, 5.74) is 6.87. The van der Waals surface area contributed by atoms with Crippen LogP contribution in [0.5, 0.6) is 0 Å². The molecule has 20 heavy (non-hydrogen) atoms. The number of halogens is 1. The number of nitrogens with two attached hydrogens (primary N) is 1. The maximum Gasteiger partial charge on any atom is 0.238 e. The van der Waals surface area contributed by atoms with Gasteiger partial charge in [0.15, 0.2) is 0 Å². The molecule has 0 radical (unpaired) electrons. The number of amides is 1. The summed E-state index contributed by atoms with van der Waals surface area (Å²) in [6.07, 6.45) is 0.844. The van der Waals surface area contributed by atoms with Gasteiger partial charge >= 0.3 is 0 Å². The van der Waals surface area contributed by atoms with E-state index >= 15 is 0 Å². The van der Waals surface area contributed by atoms with Crippen LogP contribution in [0.2, 0.25) is 0 Å². The summed E-state index contributed by atoms with van der Waals surface area (Å²) in [7, 11) is 1.80. The smallest absolute Gasteiger partial charge is 0.238 e. The lowest BCUT2D eigenvalue weighted by Crippen LogP contribution is -2.40. The number of hydrogen-bond acceptors (Lipinski definition) is 2. The van der Waals surface area contributed by atoms with Crippen LogP contribution in [-0.2, 0) is 11.2 Å². The number of carbonyl (C=O) groups is 1. The highest BCUT2D eigenvalue weighted by molar-refractivity contribution is 5.86. The third-order valence-corrected chi connectivity index (χ3v) is 3.36. The lowest BCUT2D eigenvalue weighted by atomic mass is 10.0. The Morgan fingerprint density at radius 3 is 2.55 bits per heavy atom. The molecule has 2 rings (SSSR count).